The highest BCUT2D eigenvalue weighted by molar-refractivity contribution is 5.83. The second-order valence-electron chi connectivity index (χ2n) is 6.72. The minimum atomic E-state index is -0.902. The maximum atomic E-state index is 11.7. The average molecular weight is 322 g/mol. The van der Waals surface area contributed by atoms with Crippen LogP contribution in [-0.2, 0) is 16.1 Å². The van der Waals surface area contributed by atoms with Crippen LogP contribution in [0.2, 0.25) is 0 Å². The number of hydrogen-bond donors (Lipinski definition) is 1. The zero-order valence-electron chi connectivity index (χ0n) is 13.5. The SMILES string of the molecule is CC(=O)N1CC2(CCN(Cc3nc(C)no3)CC2)CC1C(=O)O. The molecule has 1 unspecified atom stereocenters. The smallest absolute Gasteiger partial charge is 0.326 e. The second-order valence-corrected chi connectivity index (χ2v) is 6.72. The molecule has 2 saturated heterocycles. The predicted molar refractivity (Wildman–Crippen MR) is 79.4 cm³/mol. The van der Waals surface area contributed by atoms with E-state index in [0.29, 0.717) is 31.2 Å². The van der Waals surface area contributed by atoms with E-state index in [1.54, 1.807) is 6.92 Å². The number of carboxylic acids is 1. The predicted octanol–water partition coefficient (Wildman–Crippen LogP) is 0.666. The summed E-state index contributed by atoms with van der Waals surface area (Å²) < 4.78 is 5.15. The van der Waals surface area contributed by atoms with Gasteiger partial charge in [-0.2, -0.15) is 4.98 Å². The van der Waals surface area contributed by atoms with Crippen LogP contribution >= 0.6 is 0 Å². The van der Waals surface area contributed by atoms with Gasteiger partial charge < -0.3 is 14.5 Å². The Balaban J connectivity index is 1.61. The molecule has 2 aliphatic rings. The van der Waals surface area contributed by atoms with Gasteiger partial charge in [-0.1, -0.05) is 5.16 Å². The standard InChI is InChI=1S/C15H22N4O4/c1-10-16-13(23-17-10)8-18-5-3-15(4-6-18)7-12(14(21)22)19(9-15)11(2)20/h12H,3-9H2,1-2H3,(H,21,22). The van der Waals surface area contributed by atoms with Gasteiger partial charge in [-0.25, -0.2) is 4.79 Å². The summed E-state index contributed by atoms with van der Waals surface area (Å²) >= 11 is 0. The van der Waals surface area contributed by atoms with E-state index in [9.17, 15) is 14.7 Å². The molecule has 2 aliphatic heterocycles. The number of nitrogens with zero attached hydrogens (tertiary/aromatic N) is 4. The molecule has 0 aromatic carbocycles. The number of aryl methyl sites for hydroxylation is 1. The van der Waals surface area contributed by atoms with E-state index >= 15 is 0 Å². The Morgan fingerprint density at radius 2 is 2.09 bits per heavy atom. The van der Waals surface area contributed by atoms with Crippen molar-refractivity contribution in [2.75, 3.05) is 19.6 Å². The molecule has 8 nitrogen and oxygen atoms in total. The molecule has 23 heavy (non-hydrogen) atoms. The quantitative estimate of drug-likeness (QED) is 0.872. The lowest BCUT2D eigenvalue weighted by Gasteiger charge is -2.38. The number of rotatable bonds is 3. The van der Waals surface area contributed by atoms with E-state index in [0.717, 1.165) is 25.9 Å². The number of carbonyl (C=O) groups is 2. The summed E-state index contributed by atoms with van der Waals surface area (Å²) in [6.07, 6.45) is 2.32. The van der Waals surface area contributed by atoms with Gasteiger partial charge in [0.15, 0.2) is 5.82 Å². The van der Waals surface area contributed by atoms with Gasteiger partial charge in [-0.15, -0.1) is 0 Å². The van der Waals surface area contributed by atoms with Crippen molar-refractivity contribution < 1.29 is 19.2 Å². The van der Waals surface area contributed by atoms with Crippen LogP contribution in [-0.4, -0.2) is 62.6 Å². The lowest BCUT2D eigenvalue weighted by Crippen LogP contribution is -2.42. The number of aliphatic carboxylic acids is 1. The fourth-order valence-electron chi connectivity index (χ4n) is 3.75. The van der Waals surface area contributed by atoms with Gasteiger partial charge in [0.25, 0.3) is 0 Å². The van der Waals surface area contributed by atoms with Crippen molar-refractivity contribution in [3.63, 3.8) is 0 Å². The van der Waals surface area contributed by atoms with Crippen molar-refractivity contribution >= 4 is 11.9 Å². The van der Waals surface area contributed by atoms with Crippen LogP contribution in [0.4, 0.5) is 0 Å². The van der Waals surface area contributed by atoms with Crippen LogP contribution in [0.3, 0.4) is 0 Å². The zero-order chi connectivity index (χ0) is 16.6. The van der Waals surface area contributed by atoms with E-state index in [4.69, 9.17) is 4.52 Å². The molecule has 1 amide bonds. The van der Waals surface area contributed by atoms with Gasteiger partial charge in [-0.05, 0) is 44.7 Å². The number of piperidine rings is 1. The summed E-state index contributed by atoms with van der Waals surface area (Å²) in [4.78, 5) is 31.1. The molecular weight excluding hydrogens is 300 g/mol. The third-order valence-electron chi connectivity index (χ3n) is 5.04. The molecule has 8 heteroatoms. The molecule has 2 fully saturated rings. The van der Waals surface area contributed by atoms with Crippen molar-refractivity contribution in [1.29, 1.82) is 0 Å². The third-order valence-corrected chi connectivity index (χ3v) is 5.04. The molecule has 1 spiro atoms. The van der Waals surface area contributed by atoms with E-state index in [-0.39, 0.29) is 11.3 Å². The lowest BCUT2D eigenvalue weighted by molar-refractivity contribution is -0.147. The molecule has 1 N–H and O–H groups in total. The molecule has 1 aromatic rings. The average Bonchev–Trinajstić information content (AvgIpc) is 3.06. The van der Waals surface area contributed by atoms with E-state index < -0.39 is 12.0 Å². The molecule has 0 bridgehead atoms. The second kappa shape index (κ2) is 5.92. The van der Waals surface area contributed by atoms with Crippen molar-refractivity contribution in [2.45, 2.75) is 45.7 Å². The Hall–Kier alpha value is -1.96. The summed E-state index contributed by atoms with van der Waals surface area (Å²) in [5.74, 6) is 0.184. The first-order valence-electron chi connectivity index (χ1n) is 7.90. The number of carbonyl (C=O) groups excluding carboxylic acids is 1. The minimum Gasteiger partial charge on any atom is -0.480 e. The number of aromatic nitrogens is 2. The number of hydrogen-bond acceptors (Lipinski definition) is 6. The van der Waals surface area contributed by atoms with Crippen molar-refractivity contribution in [1.82, 2.24) is 19.9 Å². The van der Waals surface area contributed by atoms with Gasteiger partial charge in [0.05, 0.1) is 6.54 Å². The number of carboxylic acid groups (broad SMARTS) is 1. The fourth-order valence-corrected chi connectivity index (χ4v) is 3.75. The van der Waals surface area contributed by atoms with Crippen molar-refractivity contribution in [3.05, 3.63) is 11.7 Å². The Morgan fingerprint density at radius 3 is 2.57 bits per heavy atom. The molecule has 1 atom stereocenters. The van der Waals surface area contributed by atoms with E-state index in [1.165, 1.54) is 11.8 Å². The van der Waals surface area contributed by atoms with Gasteiger partial charge >= 0.3 is 5.97 Å². The Bertz CT molecular complexity index is 582. The van der Waals surface area contributed by atoms with Crippen LogP contribution in [0.5, 0.6) is 0 Å². The highest BCUT2D eigenvalue weighted by Gasteiger charge is 2.49. The molecule has 0 aliphatic carbocycles. The molecular formula is C15H22N4O4. The molecule has 3 rings (SSSR count). The van der Waals surface area contributed by atoms with Crippen LogP contribution in [0.25, 0.3) is 0 Å². The first kappa shape index (κ1) is 15.9. The van der Waals surface area contributed by atoms with Gasteiger partial charge in [0, 0.05) is 13.5 Å². The largest absolute Gasteiger partial charge is 0.480 e. The van der Waals surface area contributed by atoms with Crippen LogP contribution in [0.15, 0.2) is 4.52 Å². The minimum absolute atomic E-state index is 0.0734. The first-order valence-corrected chi connectivity index (χ1v) is 7.90. The molecule has 1 aromatic heterocycles. The summed E-state index contributed by atoms with van der Waals surface area (Å²) in [5.41, 5.74) is -0.0734. The summed E-state index contributed by atoms with van der Waals surface area (Å²) in [6, 6.07) is -0.683. The van der Waals surface area contributed by atoms with Gasteiger partial charge in [0.1, 0.15) is 6.04 Å². The maximum Gasteiger partial charge on any atom is 0.326 e. The van der Waals surface area contributed by atoms with E-state index in [2.05, 4.69) is 15.0 Å². The van der Waals surface area contributed by atoms with Gasteiger partial charge in [0.2, 0.25) is 11.8 Å². The number of likely N-dealkylation sites (tertiary alicyclic amines) is 2. The highest BCUT2D eigenvalue weighted by Crippen LogP contribution is 2.43. The van der Waals surface area contributed by atoms with Crippen molar-refractivity contribution in [3.8, 4) is 0 Å². The maximum absolute atomic E-state index is 11.7. The van der Waals surface area contributed by atoms with Crippen molar-refractivity contribution in [2.24, 2.45) is 5.41 Å². The molecule has 0 saturated carbocycles. The number of amides is 1. The zero-order valence-corrected chi connectivity index (χ0v) is 13.5. The molecule has 3 heterocycles. The Kier molecular flexibility index (Phi) is 4.09. The molecule has 126 valence electrons. The Labute approximate surface area is 134 Å². The topological polar surface area (TPSA) is 99.8 Å². The summed E-state index contributed by atoms with van der Waals surface area (Å²) in [6.45, 7) is 6.10. The van der Waals surface area contributed by atoms with Gasteiger partial charge in [-0.3, -0.25) is 9.69 Å². The summed E-state index contributed by atoms with van der Waals surface area (Å²) in [5, 5.41) is 13.2. The first-order chi connectivity index (χ1) is 10.9. The van der Waals surface area contributed by atoms with Crippen LogP contribution in [0.1, 0.15) is 37.9 Å². The fraction of sp³-hybridized carbons (Fsp3) is 0.733. The highest BCUT2D eigenvalue weighted by atomic mass is 16.5. The Morgan fingerprint density at radius 1 is 1.39 bits per heavy atom. The van der Waals surface area contributed by atoms with Crippen LogP contribution in [0, 0.1) is 12.3 Å². The van der Waals surface area contributed by atoms with Crippen LogP contribution < -0.4 is 0 Å². The lowest BCUT2D eigenvalue weighted by atomic mass is 9.76. The monoisotopic (exact) mass is 322 g/mol. The summed E-state index contributed by atoms with van der Waals surface area (Å²) in [7, 11) is 0. The third kappa shape index (κ3) is 3.21. The van der Waals surface area contributed by atoms with E-state index in [1.807, 2.05) is 0 Å². The normalized spacial score (nSPS) is 24.3. The molecule has 0 radical (unpaired) electrons.